The van der Waals surface area contributed by atoms with E-state index in [-0.39, 0.29) is 12.0 Å². The second-order valence-corrected chi connectivity index (χ2v) is 5.76. The fourth-order valence-electron chi connectivity index (χ4n) is 1.62. The third-order valence-corrected chi connectivity index (χ3v) is 2.47. The Balaban J connectivity index is 4.33. The lowest BCUT2D eigenvalue weighted by Crippen LogP contribution is -2.43. The Morgan fingerprint density at radius 3 is 2.21 bits per heavy atom. The predicted octanol–water partition coefficient (Wildman–Crippen LogP) is 2.03. The number of hydrogen-bond acceptors (Lipinski definition) is 2. The first-order valence-electron chi connectivity index (χ1n) is 6.03. The summed E-state index contributed by atoms with van der Waals surface area (Å²) in [5.74, 6) is -1.74. The molecular formula is C12H22F2N2O3. The van der Waals surface area contributed by atoms with Crippen LogP contribution in [0.2, 0.25) is 0 Å². The first-order valence-corrected chi connectivity index (χ1v) is 6.03. The maximum atomic E-state index is 12.1. The van der Waals surface area contributed by atoms with Crippen LogP contribution in [0, 0.1) is 11.3 Å². The van der Waals surface area contributed by atoms with E-state index in [0.29, 0.717) is 6.42 Å². The van der Waals surface area contributed by atoms with E-state index in [1.165, 1.54) is 7.05 Å². The quantitative estimate of drug-likeness (QED) is 0.782. The van der Waals surface area contributed by atoms with Crippen LogP contribution in [0.1, 0.15) is 27.2 Å². The summed E-state index contributed by atoms with van der Waals surface area (Å²) >= 11 is 0. The van der Waals surface area contributed by atoms with E-state index in [2.05, 4.69) is 5.32 Å². The van der Waals surface area contributed by atoms with Crippen molar-refractivity contribution in [2.45, 2.75) is 33.6 Å². The van der Waals surface area contributed by atoms with Crippen LogP contribution in [0.15, 0.2) is 0 Å². The molecule has 0 radical (unpaired) electrons. The number of rotatable bonds is 6. The topological polar surface area (TPSA) is 69.6 Å². The lowest BCUT2D eigenvalue weighted by atomic mass is 9.84. The van der Waals surface area contributed by atoms with Gasteiger partial charge in [-0.25, -0.2) is 13.6 Å². The van der Waals surface area contributed by atoms with Crippen molar-refractivity contribution in [1.82, 2.24) is 10.2 Å². The number of carbonyl (C=O) groups excluding carboxylic acids is 1. The molecule has 0 rings (SSSR count). The highest BCUT2D eigenvalue weighted by atomic mass is 19.3. The zero-order chi connectivity index (χ0) is 15.2. The zero-order valence-corrected chi connectivity index (χ0v) is 11.7. The Labute approximate surface area is 112 Å². The molecule has 0 aromatic carbocycles. The number of halogens is 2. The van der Waals surface area contributed by atoms with Gasteiger partial charge in [-0.1, -0.05) is 20.8 Å². The van der Waals surface area contributed by atoms with Gasteiger partial charge in [0.25, 0.3) is 6.43 Å². The van der Waals surface area contributed by atoms with E-state index >= 15 is 0 Å². The molecule has 19 heavy (non-hydrogen) atoms. The van der Waals surface area contributed by atoms with Gasteiger partial charge in [-0.05, 0) is 11.8 Å². The second kappa shape index (κ2) is 7.25. The van der Waals surface area contributed by atoms with Gasteiger partial charge in [0.2, 0.25) is 0 Å². The summed E-state index contributed by atoms with van der Waals surface area (Å²) in [6.45, 7) is 4.94. The number of carboxylic acid groups (broad SMARTS) is 1. The number of amides is 2. The molecule has 0 bridgehead atoms. The Kier molecular flexibility index (Phi) is 6.72. The molecule has 0 saturated heterocycles. The Hall–Kier alpha value is -1.40. The molecule has 2 N–H and O–H groups in total. The highest BCUT2D eigenvalue weighted by Crippen LogP contribution is 2.24. The third kappa shape index (κ3) is 8.34. The molecule has 0 heterocycles. The SMILES string of the molecule is CN(CC(F)F)C(=O)NCC(CC(C)(C)C)C(=O)O. The van der Waals surface area contributed by atoms with Crippen molar-refractivity contribution < 1.29 is 23.5 Å². The van der Waals surface area contributed by atoms with E-state index in [9.17, 15) is 18.4 Å². The van der Waals surface area contributed by atoms with E-state index < -0.39 is 30.9 Å². The van der Waals surface area contributed by atoms with Crippen molar-refractivity contribution in [3.63, 3.8) is 0 Å². The van der Waals surface area contributed by atoms with Crippen LogP contribution >= 0.6 is 0 Å². The van der Waals surface area contributed by atoms with E-state index in [1.54, 1.807) is 0 Å². The van der Waals surface area contributed by atoms with Gasteiger partial charge in [0, 0.05) is 13.6 Å². The Morgan fingerprint density at radius 2 is 1.84 bits per heavy atom. The second-order valence-electron chi connectivity index (χ2n) is 5.76. The maximum absolute atomic E-state index is 12.1. The van der Waals surface area contributed by atoms with Crippen LogP contribution in [-0.4, -0.2) is 48.6 Å². The molecule has 0 aliphatic carbocycles. The van der Waals surface area contributed by atoms with Gasteiger partial charge in [-0.3, -0.25) is 4.79 Å². The fraction of sp³-hybridized carbons (Fsp3) is 0.833. The van der Waals surface area contributed by atoms with Crippen LogP contribution in [0.3, 0.4) is 0 Å². The highest BCUT2D eigenvalue weighted by Gasteiger charge is 2.25. The molecule has 2 amide bonds. The smallest absolute Gasteiger partial charge is 0.317 e. The average molecular weight is 280 g/mol. The normalized spacial score (nSPS) is 13.2. The summed E-state index contributed by atoms with van der Waals surface area (Å²) in [6.07, 6.45) is -2.22. The lowest BCUT2D eigenvalue weighted by Gasteiger charge is -2.24. The summed E-state index contributed by atoms with van der Waals surface area (Å²) in [5, 5.41) is 11.4. The van der Waals surface area contributed by atoms with Gasteiger partial charge >= 0.3 is 12.0 Å². The van der Waals surface area contributed by atoms with E-state index in [4.69, 9.17) is 5.11 Å². The molecule has 1 unspecified atom stereocenters. The number of nitrogens with one attached hydrogen (secondary N) is 1. The molecule has 1 atom stereocenters. The first-order chi connectivity index (χ1) is 8.53. The number of nitrogens with zero attached hydrogens (tertiary/aromatic N) is 1. The molecule has 7 heteroatoms. The van der Waals surface area contributed by atoms with Crippen molar-refractivity contribution in [3.8, 4) is 0 Å². The highest BCUT2D eigenvalue weighted by molar-refractivity contribution is 5.75. The van der Waals surface area contributed by atoms with Gasteiger partial charge in [0.1, 0.15) is 0 Å². The van der Waals surface area contributed by atoms with Crippen molar-refractivity contribution >= 4 is 12.0 Å². The first kappa shape index (κ1) is 17.6. The molecule has 0 aromatic heterocycles. The maximum Gasteiger partial charge on any atom is 0.317 e. The summed E-state index contributed by atoms with van der Waals surface area (Å²) in [5.41, 5.74) is -0.192. The zero-order valence-electron chi connectivity index (χ0n) is 11.7. The lowest BCUT2D eigenvalue weighted by molar-refractivity contribution is -0.142. The molecule has 0 saturated carbocycles. The van der Waals surface area contributed by atoms with E-state index in [1.807, 2.05) is 20.8 Å². The molecule has 112 valence electrons. The number of carboxylic acids is 1. The third-order valence-electron chi connectivity index (χ3n) is 2.47. The molecule has 0 spiro atoms. The molecule has 0 fully saturated rings. The largest absolute Gasteiger partial charge is 0.481 e. The van der Waals surface area contributed by atoms with Gasteiger partial charge in [-0.15, -0.1) is 0 Å². The molecule has 0 aromatic rings. The van der Waals surface area contributed by atoms with Gasteiger partial charge in [0.05, 0.1) is 12.5 Å². The van der Waals surface area contributed by atoms with Crippen molar-refractivity contribution in [2.75, 3.05) is 20.1 Å². The fourth-order valence-corrected chi connectivity index (χ4v) is 1.62. The summed E-state index contributed by atoms with van der Waals surface area (Å²) in [7, 11) is 1.24. The number of alkyl halides is 2. The van der Waals surface area contributed by atoms with Gasteiger partial charge in [0.15, 0.2) is 0 Å². The Morgan fingerprint density at radius 1 is 1.32 bits per heavy atom. The number of carbonyl (C=O) groups is 2. The number of urea groups is 1. The average Bonchev–Trinajstić information content (AvgIpc) is 2.20. The molecule has 0 aliphatic heterocycles. The van der Waals surface area contributed by atoms with Gasteiger partial charge < -0.3 is 15.3 Å². The minimum atomic E-state index is -2.61. The predicted molar refractivity (Wildman–Crippen MR) is 67.2 cm³/mol. The summed E-state index contributed by atoms with van der Waals surface area (Å²) in [6, 6.07) is -0.694. The minimum Gasteiger partial charge on any atom is -0.481 e. The van der Waals surface area contributed by atoms with Crippen molar-refractivity contribution in [2.24, 2.45) is 11.3 Å². The van der Waals surface area contributed by atoms with Crippen LogP contribution < -0.4 is 5.32 Å². The van der Waals surface area contributed by atoms with Crippen molar-refractivity contribution in [1.29, 1.82) is 0 Å². The molecule has 0 aliphatic rings. The molecule has 5 nitrogen and oxygen atoms in total. The number of hydrogen-bond donors (Lipinski definition) is 2. The van der Waals surface area contributed by atoms with Gasteiger partial charge in [-0.2, -0.15) is 0 Å². The summed E-state index contributed by atoms with van der Waals surface area (Å²) in [4.78, 5) is 23.3. The molecular weight excluding hydrogens is 258 g/mol. The standard InChI is InChI=1S/C12H22F2N2O3/c1-12(2,3)5-8(10(17)18)6-15-11(19)16(4)7-9(13)14/h8-9H,5-7H2,1-4H3,(H,15,19)(H,17,18). The number of aliphatic carboxylic acids is 1. The minimum absolute atomic E-state index is 0.0704. The van der Waals surface area contributed by atoms with Crippen LogP contribution in [0.5, 0.6) is 0 Å². The van der Waals surface area contributed by atoms with Crippen molar-refractivity contribution in [3.05, 3.63) is 0 Å². The summed E-state index contributed by atoms with van der Waals surface area (Å²) < 4.78 is 24.2. The van der Waals surface area contributed by atoms with Crippen LogP contribution in [-0.2, 0) is 4.79 Å². The van der Waals surface area contributed by atoms with Crippen LogP contribution in [0.4, 0.5) is 13.6 Å². The monoisotopic (exact) mass is 280 g/mol. The Bertz CT molecular complexity index is 317. The van der Waals surface area contributed by atoms with E-state index in [0.717, 1.165) is 4.90 Å². The van der Waals surface area contributed by atoms with Crippen LogP contribution in [0.25, 0.3) is 0 Å².